The smallest absolute Gasteiger partial charge is 0.257 e. The molecule has 1 fully saturated rings. The number of amides is 1. The van der Waals surface area contributed by atoms with E-state index in [-0.39, 0.29) is 18.1 Å². The van der Waals surface area contributed by atoms with Gasteiger partial charge in [-0.1, -0.05) is 6.07 Å². The van der Waals surface area contributed by atoms with Crippen LogP contribution < -0.4 is 15.8 Å². The zero-order valence-corrected chi connectivity index (χ0v) is 11.1. The first-order valence-electron chi connectivity index (χ1n) is 6.53. The SMILES string of the molecule is COc1cccc(N)c1C(=O)NC1CCC(O)CC1. The largest absolute Gasteiger partial charge is 0.496 e. The molecule has 1 aliphatic carbocycles. The highest BCUT2D eigenvalue weighted by Crippen LogP contribution is 2.25. The molecule has 1 aliphatic rings. The topological polar surface area (TPSA) is 84.6 Å². The maximum atomic E-state index is 12.3. The Morgan fingerprint density at radius 3 is 2.68 bits per heavy atom. The fourth-order valence-corrected chi connectivity index (χ4v) is 2.44. The van der Waals surface area contributed by atoms with Crippen LogP contribution in [0.4, 0.5) is 5.69 Å². The Labute approximate surface area is 112 Å². The number of anilines is 1. The first-order valence-corrected chi connectivity index (χ1v) is 6.53. The number of benzene rings is 1. The van der Waals surface area contributed by atoms with Crippen molar-refractivity contribution in [2.75, 3.05) is 12.8 Å². The highest BCUT2D eigenvalue weighted by Gasteiger charge is 2.23. The van der Waals surface area contributed by atoms with Crippen molar-refractivity contribution in [2.24, 2.45) is 0 Å². The minimum atomic E-state index is -0.232. The fraction of sp³-hybridized carbons (Fsp3) is 0.500. The standard InChI is InChI=1S/C14H20N2O3/c1-19-12-4-2-3-11(15)13(12)14(18)16-9-5-7-10(17)8-6-9/h2-4,9-10,17H,5-8,15H2,1H3,(H,16,18). The summed E-state index contributed by atoms with van der Waals surface area (Å²) in [6.07, 6.45) is 2.81. The van der Waals surface area contributed by atoms with Crippen molar-refractivity contribution in [3.05, 3.63) is 23.8 Å². The molecule has 0 spiro atoms. The van der Waals surface area contributed by atoms with Crippen molar-refractivity contribution in [3.8, 4) is 5.75 Å². The summed E-state index contributed by atoms with van der Waals surface area (Å²) in [5.74, 6) is 0.268. The molecule has 5 nitrogen and oxygen atoms in total. The van der Waals surface area contributed by atoms with Crippen molar-refractivity contribution < 1.29 is 14.6 Å². The molecule has 1 aromatic rings. The van der Waals surface area contributed by atoms with Gasteiger partial charge < -0.3 is 20.9 Å². The van der Waals surface area contributed by atoms with E-state index < -0.39 is 0 Å². The molecule has 0 bridgehead atoms. The lowest BCUT2D eigenvalue weighted by atomic mass is 9.93. The quantitative estimate of drug-likeness (QED) is 0.719. The van der Waals surface area contributed by atoms with E-state index in [2.05, 4.69) is 5.32 Å². The van der Waals surface area contributed by atoms with Gasteiger partial charge in [0.25, 0.3) is 5.91 Å². The maximum absolute atomic E-state index is 12.3. The van der Waals surface area contributed by atoms with Crippen LogP contribution in [0.3, 0.4) is 0 Å². The van der Waals surface area contributed by atoms with Crippen LogP contribution >= 0.6 is 0 Å². The average molecular weight is 264 g/mol. The third-order valence-electron chi connectivity index (χ3n) is 3.54. The number of carbonyl (C=O) groups is 1. The monoisotopic (exact) mass is 264 g/mol. The van der Waals surface area contributed by atoms with E-state index in [0.29, 0.717) is 17.0 Å². The molecule has 0 aromatic heterocycles. The number of hydrogen-bond donors (Lipinski definition) is 3. The molecule has 19 heavy (non-hydrogen) atoms. The Balaban J connectivity index is 2.08. The summed E-state index contributed by atoms with van der Waals surface area (Å²) in [6, 6.07) is 5.25. The van der Waals surface area contributed by atoms with Crippen molar-refractivity contribution >= 4 is 11.6 Å². The van der Waals surface area contributed by atoms with Gasteiger partial charge in [0.15, 0.2) is 0 Å². The van der Waals surface area contributed by atoms with Gasteiger partial charge in [0.2, 0.25) is 0 Å². The number of methoxy groups -OCH3 is 1. The van der Waals surface area contributed by atoms with E-state index in [0.717, 1.165) is 25.7 Å². The molecule has 0 saturated heterocycles. The molecule has 5 heteroatoms. The number of ether oxygens (including phenoxy) is 1. The van der Waals surface area contributed by atoms with Gasteiger partial charge >= 0.3 is 0 Å². The average Bonchev–Trinajstić information content (AvgIpc) is 2.40. The minimum absolute atomic E-state index is 0.0974. The highest BCUT2D eigenvalue weighted by atomic mass is 16.5. The zero-order chi connectivity index (χ0) is 13.8. The highest BCUT2D eigenvalue weighted by molar-refractivity contribution is 6.02. The third kappa shape index (κ3) is 3.17. The second-order valence-corrected chi connectivity index (χ2v) is 4.90. The van der Waals surface area contributed by atoms with Crippen LogP contribution in [0.25, 0.3) is 0 Å². The first-order chi connectivity index (χ1) is 9.11. The van der Waals surface area contributed by atoms with Gasteiger partial charge in [-0.05, 0) is 37.8 Å². The maximum Gasteiger partial charge on any atom is 0.257 e. The predicted molar refractivity (Wildman–Crippen MR) is 73.1 cm³/mol. The Morgan fingerprint density at radius 1 is 1.37 bits per heavy atom. The molecule has 0 aliphatic heterocycles. The lowest BCUT2D eigenvalue weighted by molar-refractivity contribution is 0.0866. The van der Waals surface area contributed by atoms with Crippen LogP contribution in [-0.4, -0.2) is 30.3 Å². The molecule has 1 saturated carbocycles. The molecular weight excluding hydrogens is 244 g/mol. The van der Waals surface area contributed by atoms with Crippen LogP contribution in [0.15, 0.2) is 18.2 Å². The third-order valence-corrected chi connectivity index (χ3v) is 3.54. The summed E-state index contributed by atoms with van der Waals surface area (Å²) in [5.41, 5.74) is 6.64. The summed E-state index contributed by atoms with van der Waals surface area (Å²) in [4.78, 5) is 12.3. The van der Waals surface area contributed by atoms with Crippen LogP contribution in [0.2, 0.25) is 0 Å². The summed E-state index contributed by atoms with van der Waals surface area (Å²) >= 11 is 0. The van der Waals surface area contributed by atoms with Crippen molar-refractivity contribution in [3.63, 3.8) is 0 Å². The molecule has 1 amide bonds. The molecule has 104 valence electrons. The molecule has 4 N–H and O–H groups in total. The fourth-order valence-electron chi connectivity index (χ4n) is 2.44. The Morgan fingerprint density at radius 2 is 2.05 bits per heavy atom. The minimum Gasteiger partial charge on any atom is -0.496 e. The van der Waals surface area contributed by atoms with Crippen LogP contribution in [0.5, 0.6) is 5.75 Å². The summed E-state index contributed by atoms with van der Waals surface area (Å²) in [5, 5.41) is 12.4. The predicted octanol–water partition coefficient (Wildman–Crippen LogP) is 1.31. The van der Waals surface area contributed by atoms with Crippen LogP contribution in [0.1, 0.15) is 36.0 Å². The summed E-state index contributed by atoms with van der Waals surface area (Å²) in [7, 11) is 1.52. The lowest BCUT2D eigenvalue weighted by Crippen LogP contribution is -2.39. The Hall–Kier alpha value is -1.75. The van der Waals surface area contributed by atoms with Gasteiger partial charge in [0, 0.05) is 11.7 Å². The Bertz CT molecular complexity index is 454. The number of nitrogen functional groups attached to an aromatic ring is 1. The first kappa shape index (κ1) is 13.7. The number of aliphatic hydroxyl groups is 1. The van der Waals surface area contributed by atoms with Crippen molar-refractivity contribution in [2.45, 2.75) is 37.8 Å². The number of carbonyl (C=O) groups excluding carboxylic acids is 1. The second-order valence-electron chi connectivity index (χ2n) is 4.90. The number of aliphatic hydroxyl groups excluding tert-OH is 1. The van der Waals surface area contributed by atoms with Gasteiger partial charge in [-0.2, -0.15) is 0 Å². The van der Waals surface area contributed by atoms with Gasteiger partial charge in [-0.3, -0.25) is 4.79 Å². The van der Waals surface area contributed by atoms with Crippen molar-refractivity contribution in [1.29, 1.82) is 0 Å². The van der Waals surface area contributed by atoms with Gasteiger partial charge in [-0.25, -0.2) is 0 Å². The Kier molecular flexibility index (Phi) is 4.27. The van der Waals surface area contributed by atoms with E-state index in [1.165, 1.54) is 7.11 Å². The van der Waals surface area contributed by atoms with E-state index >= 15 is 0 Å². The molecule has 0 atom stereocenters. The number of hydrogen-bond acceptors (Lipinski definition) is 4. The molecular formula is C14H20N2O3. The van der Waals surface area contributed by atoms with E-state index in [9.17, 15) is 9.90 Å². The molecule has 1 aromatic carbocycles. The second kappa shape index (κ2) is 5.93. The normalized spacial score (nSPS) is 22.8. The van der Waals surface area contributed by atoms with E-state index in [1.807, 2.05) is 0 Å². The molecule has 0 radical (unpaired) electrons. The lowest BCUT2D eigenvalue weighted by Gasteiger charge is -2.26. The van der Waals surface area contributed by atoms with Gasteiger partial charge in [-0.15, -0.1) is 0 Å². The molecule has 0 unspecified atom stereocenters. The number of nitrogens with two attached hydrogens (primary N) is 1. The number of rotatable bonds is 3. The van der Waals surface area contributed by atoms with Crippen molar-refractivity contribution in [1.82, 2.24) is 5.32 Å². The van der Waals surface area contributed by atoms with E-state index in [1.54, 1.807) is 18.2 Å². The zero-order valence-electron chi connectivity index (χ0n) is 11.1. The summed E-state index contributed by atoms with van der Waals surface area (Å²) in [6.45, 7) is 0. The van der Waals surface area contributed by atoms with Crippen LogP contribution in [-0.2, 0) is 0 Å². The number of nitrogens with one attached hydrogen (secondary N) is 1. The van der Waals surface area contributed by atoms with E-state index in [4.69, 9.17) is 10.5 Å². The summed E-state index contributed by atoms with van der Waals surface area (Å²) < 4.78 is 5.17. The molecule has 0 heterocycles. The van der Waals surface area contributed by atoms with Crippen LogP contribution in [0, 0.1) is 0 Å². The molecule has 2 rings (SSSR count). The van der Waals surface area contributed by atoms with Gasteiger partial charge in [0.1, 0.15) is 11.3 Å². The van der Waals surface area contributed by atoms with Gasteiger partial charge in [0.05, 0.1) is 13.2 Å².